The van der Waals surface area contributed by atoms with Crippen LogP contribution in [-0.4, -0.2) is 52.1 Å². The molecular formula is C4H11N3O6S3. The zero-order chi connectivity index (χ0) is 12.2. The Balaban J connectivity index is 2.35. The molecule has 1 unspecified atom stereocenters. The van der Waals surface area contributed by atoms with Crippen molar-refractivity contribution in [3.05, 3.63) is 0 Å². The van der Waals surface area contributed by atoms with Crippen molar-refractivity contribution in [2.45, 2.75) is 5.50 Å². The Morgan fingerprint density at radius 2 is 2.31 bits per heavy atom. The minimum Gasteiger partial charge on any atom is -0.285 e. The van der Waals surface area contributed by atoms with Gasteiger partial charge in [-0.2, -0.15) is 8.42 Å². The first kappa shape index (κ1) is 14.4. The molecule has 0 amide bonds. The standard InChI is InChI=1S/C4H11N3O6S3/c8-12-13-15-2-7-1-6(4(14)5-7)3-16(9,10)11/h4-5,8,14H,1-3H2,(H,9,10,11). The fourth-order valence-corrected chi connectivity index (χ4v) is 2.54. The Kier molecular flexibility index (Phi) is 5.72. The van der Waals surface area contributed by atoms with Gasteiger partial charge in [0.05, 0.1) is 24.6 Å². The van der Waals surface area contributed by atoms with Crippen LogP contribution in [0.5, 0.6) is 0 Å². The molecule has 96 valence electrons. The first-order chi connectivity index (χ1) is 7.42. The van der Waals surface area contributed by atoms with E-state index in [1.807, 2.05) is 0 Å². The van der Waals surface area contributed by atoms with E-state index >= 15 is 0 Å². The molecule has 1 aliphatic heterocycles. The van der Waals surface area contributed by atoms with Crippen LogP contribution in [-0.2, 0) is 19.5 Å². The van der Waals surface area contributed by atoms with Crippen molar-refractivity contribution in [3.8, 4) is 0 Å². The van der Waals surface area contributed by atoms with Crippen LogP contribution in [0.2, 0.25) is 0 Å². The Morgan fingerprint density at radius 1 is 1.62 bits per heavy atom. The van der Waals surface area contributed by atoms with Crippen LogP contribution in [0.15, 0.2) is 0 Å². The van der Waals surface area contributed by atoms with E-state index in [0.717, 1.165) is 12.0 Å². The third-order valence-corrected chi connectivity index (χ3v) is 3.29. The van der Waals surface area contributed by atoms with Gasteiger partial charge in [0, 0.05) is 0 Å². The summed E-state index contributed by atoms with van der Waals surface area (Å²) in [5, 5.41) is 12.8. The minimum atomic E-state index is -4.08. The summed E-state index contributed by atoms with van der Waals surface area (Å²) >= 11 is 4.86. The van der Waals surface area contributed by atoms with E-state index in [0.29, 0.717) is 0 Å². The maximum atomic E-state index is 10.7. The lowest BCUT2D eigenvalue weighted by atomic mass is 10.8. The second-order valence-corrected chi connectivity index (χ2v) is 5.41. The molecule has 9 nitrogen and oxygen atoms in total. The molecule has 1 aliphatic rings. The molecule has 0 aromatic heterocycles. The van der Waals surface area contributed by atoms with Crippen molar-refractivity contribution in [2.24, 2.45) is 0 Å². The average Bonchev–Trinajstić information content (AvgIpc) is 2.45. The SMILES string of the molecule is O=S(=O)(O)CN1CN(CSOOO)NC1S. The fourth-order valence-electron chi connectivity index (χ4n) is 1.09. The van der Waals surface area contributed by atoms with Gasteiger partial charge in [0.2, 0.25) is 0 Å². The van der Waals surface area contributed by atoms with Crippen LogP contribution in [0, 0.1) is 0 Å². The molecule has 12 heteroatoms. The summed E-state index contributed by atoms with van der Waals surface area (Å²) in [5.41, 5.74) is 2.27. The molecule has 1 rings (SSSR count). The second-order valence-electron chi connectivity index (χ2n) is 2.87. The van der Waals surface area contributed by atoms with E-state index in [2.05, 4.69) is 27.4 Å². The maximum absolute atomic E-state index is 10.7. The van der Waals surface area contributed by atoms with Gasteiger partial charge in [0.1, 0.15) is 11.4 Å². The lowest BCUT2D eigenvalue weighted by Gasteiger charge is -2.15. The number of nitrogens with zero attached hydrogens (tertiary/aromatic N) is 2. The molecule has 1 atom stereocenters. The largest absolute Gasteiger partial charge is 0.285 e. The number of hydrazine groups is 1. The van der Waals surface area contributed by atoms with Crippen molar-refractivity contribution < 1.29 is 27.6 Å². The van der Waals surface area contributed by atoms with E-state index in [1.165, 1.54) is 4.90 Å². The first-order valence-electron chi connectivity index (χ1n) is 3.90. The summed E-state index contributed by atoms with van der Waals surface area (Å²) in [7, 11) is -4.08. The van der Waals surface area contributed by atoms with Gasteiger partial charge >= 0.3 is 0 Å². The average molecular weight is 293 g/mol. The number of hydrogen-bond donors (Lipinski definition) is 4. The second kappa shape index (κ2) is 6.34. The first-order valence-corrected chi connectivity index (χ1v) is 6.94. The molecule has 3 N–H and O–H groups in total. The smallest absolute Gasteiger partial charge is 0.278 e. The molecule has 0 aromatic carbocycles. The summed E-state index contributed by atoms with van der Waals surface area (Å²) in [6.45, 7) is 0.218. The summed E-state index contributed by atoms with van der Waals surface area (Å²) in [6.07, 6.45) is 0. The minimum absolute atomic E-state index is 0.218. The van der Waals surface area contributed by atoms with E-state index in [4.69, 9.17) is 9.81 Å². The van der Waals surface area contributed by atoms with Gasteiger partial charge in [-0.3, -0.25) is 4.55 Å². The summed E-state index contributed by atoms with van der Waals surface area (Å²) in [5.74, 6) is -0.258. The summed E-state index contributed by atoms with van der Waals surface area (Å²) in [4.78, 5) is 1.37. The van der Waals surface area contributed by atoms with Gasteiger partial charge in [0.15, 0.2) is 0 Å². The van der Waals surface area contributed by atoms with E-state index in [9.17, 15) is 8.42 Å². The van der Waals surface area contributed by atoms with Crippen molar-refractivity contribution in [3.63, 3.8) is 0 Å². The molecule has 1 heterocycles. The molecule has 0 aliphatic carbocycles. The Morgan fingerprint density at radius 3 is 2.88 bits per heavy atom. The number of hydrogen-bond acceptors (Lipinski definition) is 10. The monoisotopic (exact) mass is 293 g/mol. The van der Waals surface area contributed by atoms with Crippen LogP contribution in [0.25, 0.3) is 0 Å². The van der Waals surface area contributed by atoms with Gasteiger partial charge < -0.3 is 0 Å². The Labute approximate surface area is 102 Å². The zero-order valence-electron chi connectivity index (χ0n) is 7.88. The molecule has 0 aromatic rings. The quantitative estimate of drug-likeness (QED) is 0.123. The van der Waals surface area contributed by atoms with E-state index < -0.39 is 21.5 Å². The van der Waals surface area contributed by atoms with Gasteiger partial charge in [-0.15, -0.1) is 17.0 Å². The van der Waals surface area contributed by atoms with Crippen molar-refractivity contribution in [1.29, 1.82) is 0 Å². The number of thiol groups is 1. The predicted molar refractivity (Wildman–Crippen MR) is 58.1 cm³/mol. The Bertz CT molecular complexity index is 312. The number of rotatable bonds is 6. The highest BCUT2D eigenvalue weighted by Gasteiger charge is 2.30. The molecule has 0 bridgehead atoms. The third-order valence-electron chi connectivity index (χ3n) is 1.61. The summed E-state index contributed by atoms with van der Waals surface area (Å²) in [6, 6.07) is 0. The van der Waals surface area contributed by atoms with Gasteiger partial charge in [-0.05, 0) is 0 Å². The van der Waals surface area contributed by atoms with Crippen LogP contribution in [0.1, 0.15) is 0 Å². The maximum Gasteiger partial charge on any atom is 0.278 e. The van der Waals surface area contributed by atoms with Crippen molar-refractivity contribution >= 4 is 34.8 Å². The third kappa shape index (κ3) is 5.13. The zero-order valence-corrected chi connectivity index (χ0v) is 10.4. The van der Waals surface area contributed by atoms with Gasteiger partial charge in [-0.1, -0.05) is 5.04 Å². The Hall–Kier alpha value is 0.370. The highest BCUT2D eigenvalue weighted by Crippen LogP contribution is 2.15. The highest BCUT2D eigenvalue weighted by atomic mass is 32.2. The molecule has 0 spiro atoms. The molecule has 0 radical (unpaired) electrons. The molecule has 16 heavy (non-hydrogen) atoms. The normalized spacial score (nSPS) is 24.1. The lowest BCUT2D eigenvalue weighted by Crippen LogP contribution is -2.35. The van der Waals surface area contributed by atoms with Gasteiger partial charge in [0.25, 0.3) is 10.1 Å². The van der Waals surface area contributed by atoms with E-state index in [-0.39, 0.29) is 12.5 Å². The van der Waals surface area contributed by atoms with E-state index in [1.54, 1.807) is 5.01 Å². The summed E-state index contributed by atoms with van der Waals surface area (Å²) < 4.78 is 34.1. The lowest BCUT2D eigenvalue weighted by molar-refractivity contribution is -0.432. The highest BCUT2D eigenvalue weighted by molar-refractivity contribution is 7.94. The molecule has 1 saturated heterocycles. The molecule has 0 saturated carbocycles. The van der Waals surface area contributed by atoms with Crippen LogP contribution in [0.4, 0.5) is 0 Å². The molecular weight excluding hydrogens is 282 g/mol. The van der Waals surface area contributed by atoms with Crippen LogP contribution >= 0.6 is 24.7 Å². The van der Waals surface area contributed by atoms with Crippen molar-refractivity contribution in [1.82, 2.24) is 15.3 Å². The molecule has 1 fully saturated rings. The fraction of sp³-hybridized carbons (Fsp3) is 1.00. The van der Waals surface area contributed by atoms with Crippen molar-refractivity contribution in [2.75, 3.05) is 18.4 Å². The van der Waals surface area contributed by atoms with Crippen LogP contribution < -0.4 is 5.43 Å². The van der Waals surface area contributed by atoms with Crippen LogP contribution in [0.3, 0.4) is 0 Å². The topological polar surface area (TPSA) is 112 Å². The predicted octanol–water partition coefficient (Wildman–Crippen LogP) is -0.848. The van der Waals surface area contributed by atoms with Gasteiger partial charge in [-0.25, -0.2) is 20.6 Å². The number of nitrogens with one attached hydrogen (secondary N) is 1.